The van der Waals surface area contributed by atoms with Crippen molar-refractivity contribution in [2.45, 2.75) is 13.0 Å². The second-order valence-corrected chi connectivity index (χ2v) is 6.17. The number of ether oxygens (including phenoxy) is 1. The van der Waals surface area contributed by atoms with Crippen molar-refractivity contribution in [1.82, 2.24) is 15.3 Å². The Morgan fingerprint density at radius 2 is 2.19 bits per heavy atom. The van der Waals surface area contributed by atoms with Crippen LogP contribution in [0.25, 0.3) is 0 Å². The largest absolute Gasteiger partial charge is 0.368 e. The second-order valence-electron chi connectivity index (χ2n) is 6.17. The highest BCUT2D eigenvalue weighted by Gasteiger charge is 2.34. The summed E-state index contributed by atoms with van der Waals surface area (Å²) < 4.78 is 32.4. The van der Waals surface area contributed by atoms with E-state index in [1.165, 1.54) is 6.07 Å². The van der Waals surface area contributed by atoms with Crippen molar-refractivity contribution in [3.8, 4) is 0 Å². The Morgan fingerprint density at radius 1 is 1.35 bits per heavy atom. The molecule has 3 aliphatic heterocycles. The molecule has 0 aromatic heterocycles. The van der Waals surface area contributed by atoms with Gasteiger partial charge >= 0.3 is 0 Å². The van der Waals surface area contributed by atoms with Crippen LogP contribution in [0.5, 0.6) is 0 Å². The molecule has 0 aliphatic carbocycles. The van der Waals surface area contributed by atoms with Gasteiger partial charge in [0.2, 0.25) is 5.96 Å². The maximum absolute atomic E-state index is 13.4. The van der Waals surface area contributed by atoms with E-state index in [1.54, 1.807) is 9.91 Å². The summed E-state index contributed by atoms with van der Waals surface area (Å²) in [7, 11) is 0. The standard InChI is InChI=1S/C17H17F2N5O2/c1-10-6-14(24-17(22-10)20-9-21-24)15-8-23(4-5-26-15)16(25)11-2-3-12(18)13(19)7-11/h2-3,6-7,15,21H,4-5,8-9H2,1H3. The van der Waals surface area contributed by atoms with Crippen molar-refractivity contribution in [3.63, 3.8) is 0 Å². The number of hydrogen-bond donors (Lipinski definition) is 1. The Bertz CT molecular complexity index is 852. The molecule has 3 heterocycles. The minimum atomic E-state index is -1.04. The molecule has 1 unspecified atom stereocenters. The number of allylic oxidation sites excluding steroid dienone is 1. The smallest absolute Gasteiger partial charge is 0.254 e. The average molecular weight is 361 g/mol. The lowest BCUT2D eigenvalue weighted by molar-refractivity contribution is -0.0138. The number of rotatable bonds is 2. The van der Waals surface area contributed by atoms with Crippen LogP contribution in [0.4, 0.5) is 8.78 Å². The molecule has 0 radical (unpaired) electrons. The summed E-state index contributed by atoms with van der Waals surface area (Å²) in [6, 6.07) is 3.17. The molecule has 1 atom stereocenters. The van der Waals surface area contributed by atoms with Gasteiger partial charge in [0.25, 0.3) is 5.91 Å². The minimum absolute atomic E-state index is 0.112. The van der Waals surface area contributed by atoms with E-state index < -0.39 is 11.6 Å². The quantitative estimate of drug-likeness (QED) is 0.862. The summed E-state index contributed by atoms with van der Waals surface area (Å²) in [5.74, 6) is -1.81. The first-order valence-electron chi connectivity index (χ1n) is 8.24. The molecule has 1 saturated heterocycles. The van der Waals surface area contributed by atoms with Crippen molar-refractivity contribution in [2.75, 3.05) is 26.4 Å². The van der Waals surface area contributed by atoms with Gasteiger partial charge in [-0.2, -0.15) is 0 Å². The molecule has 9 heteroatoms. The number of benzene rings is 1. The van der Waals surface area contributed by atoms with Crippen molar-refractivity contribution >= 4 is 17.6 Å². The van der Waals surface area contributed by atoms with Crippen LogP contribution in [-0.4, -0.2) is 60.0 Å². The number of halogens is 2. The monoisotopic (exact) mass is 361 g/mol. The summed E-state index contributed by atoms with van der Waals surface area (Å²) in [5.41, 5.74) is 4.82. The lowest BCUT2D eigenvalue weighted by atomic mass is 10.1. The highest BCUT2D eigenvalue weighted by atomic mass is 19.2. The zero-order valence-corrected chi connectivity index (χ0v) is 14.1. The Balaban J connectivity index is 1.54. The molecular weight excluding hydrogens is 344 g/mol. The molecule has 0 bridgehead atoms. The lowest BCUT2D eigenvalue weighted by Crippen LogP contribution is -2.51. The van der Waals surface area contributed by atoms with Crippen molar-refractivity contribution < 1.29 is 18.3 Å². The topological polar surface area (TPSA) is 69.5 Å². The summed E-state index contributed by atoms with van der Waals surface area (Å²) in [5, 5.41) is 1.75. The van der Waals surface area contributed by atoms with Crippen LogP contribution in [0.2, 0.25) is 0 Å². The third-order valence-electron chi connectivity index (χ3n) is 4.39. The number of hydrogen-bond acceptors (Lipinski definition) is 6. The number of carbonyl (C=O) groups excluding carboxylic acids is 1. The molecule has 1 amide bonds. The number of hydrazine groups is 1. The first kappa shape index (κ1) is 16.8. The molecule has 1 N–H and O–H groups in total. The molecule has 1 fully saturated rings. The number of morpholine rings is 1. The van der Waals surface area contributed by atoms with E-state index in [1.807, 2.05) is 13.0 Å². The normalized spacial score (nSPS) is 22.6. The van der Waals surface area contributed by atoms with Crippen molar-refractivity contribution in [2.24, 2.45) is 9.98 Å². The van der Waals surface area contributed by atoms with Gasteiger partial charge in [-0.05, 0) is 31.2 Å². The molecule has 7 nitrogen and oxygen atoms in total. The van der Waals surface area contributed by atoms with Gasteiger partial charge < -0.3 is 9.64 Å². The zero-order chi connectivity index (χ0) is 18.3. The van der Waals surface area contributed by atoms with Gasteiger partial charge in [-0.15, -0.1) is 0 Å². The Kier molecular flexibility index (Phi) is 4.25. The first-order valence-corrected chi connectivity index (χ1v) is 8.24. The van der Waals surface area contributed by atoms with Gasteiger partial charge in [-0.25, -0.2) is 29.2 Å². The average Bonchev–Trinajstić information content (AvgIpc) is 3.11. The summed E-state index contributed by atoms with van der Waals surface area (Å²) in [6.45, 7) is 3.30. The van der Waals surface area contributed by atoms with Crippen molar-refractivity contribution in [3.05, 3.63) is 47.2 Å². The SMILES string of the molecule is CC1=NC2=NCNN2C(C2CN(C(=O)c3ccc(F)c(F)c3)CCO2)=C1. The van der Waals surface area contributed by atoms with Gasteiger partial charge in [0, 0.05) is 17.8 Å². The van der Waals surface area contributed by atoms with E-state index in [4.69, 9.17) is 4.74 Å². The Labute approximate surface area is 148 Å². The molecule has 3 aliphatic rings. The second kappa shape index (κ2) is 6.58. The number of nitrogens with one attached hydrogen (secondary N) is 1. The van der Waals surface area contributed by atoms with Crippen LogP contribution < -0.4 is 5.43 Å². The van der Waals surface area contributed by atoms with E-state index in [9.17, 15) is 13.6 Å². The lowest BCUT2D eigenvalue weighted by Gasteiger charge is -2.37. The van der Waals surface area contributed by atoms with Crippen LogP contribution in [-0.2, 0) is 4.74 Å². The molecule has 4 rings (SSSR count). The van der Waals surface area contributed by atoms with E-state index in [0.29, 0.717) is 32.3 Å². The zero-order valence-electron chi connectivity index (χ0n) is 14.1. The predicted octanol–water partition coefficient (Wildman–Crippen LogP) is 1.30. The number of guanidine groups is 1. The molecular formula is C17H17F2N5O2. The summed E-state index contributed by atoms with van der Waals surface area (Å²) in [6.07, 6.45) is 1.51. The highest BCUT2D eigenvalue weighted by Crippen LogP contribution is 2.23. The van der Waals surface area contributed by atoms with Crippen LogP contribution >= 0.6 is 0 Å². The fraction of sp³-hybridized carbons (Fsp3) is 0.353. The van der Waals surface area contributed by atoms with E-state index in [-0.39, 0.29) is 17.6 Å². The van der Waals surface area contributed by atoms with Crippen LogP contribution in [0, 0.1) is 11.6 Å². The maximum atomic E-state index is 13.4. The van der Waals surface area contributed by atoms with Gasteiger partial charge in [0.05, 0.1) is 18.8 Å². The van der Waals surface area contributed by atoms with E-state index in [2.05, 4.69) is 15.4 Å². The Morgan fingerprint density at radius 3 is 3.00 bits per heavy atom. The first-order chi connectivity index (χ1) is 12.5. The third kappa shape index (κ3) is 2.99. The van der Waals surface area contributed by atoms with Crippen LogP contribution in [0.1, 0.15) is 17.3 Å². The summed E-state index contributed by atoms with van der Waals surface area (Å²) in [4.78, 5) is 22.9. The molecule has 26 heavy (non-hydrogen) atoms. The van der Waals surface area contributed by atoms with Gasteiger partial charge in [0.1, 0.15) is 12.8 Å². The van der Waals surface area contributed by atoms with Crippen LogP contribution in [0.15, 0.2) is 40.0 Å². The molecule has 1 aromatic rings. The number of nitrogens with zero attached hydrogens (tertiary/aromatic N) is 4. The molecule has 136 valence electrons. The highest BCUT2D eigenvalue weighted by molar-refractivity contribution is 6.05. The fourth-order valence-electron chi connectivity index (χ4n) is 3.14. The molecule has 0 saturated carbocycles. The fourth-order valence-corrected chi connectivity index (χ4v) is 3.14. The van der Waals surface area contributed by atoms with Crippen LogP contribution in [0.3, 0.4) is 0 Å². The third-order valence-corrected chi connectivity index (χ3v) is 4.39. The number of aliphatic imine (C=N–C) groups is 2. The van der Waals surface area contributed by atoms with Gasteiger partial charge in [-0.1, -0.05) is 0 Å². The maximum Gasteiger partial charge on any atom is 0.254 e. The number of carbonyl (C=O) groups is 1. The minimum Gasteiger partial charge on any atom is -0.368 e. The van der Waals surface area contributed by atoms with Crippen molar-refractivity contribution in [1.29, 1.82) is 0 Å². The van der Waals surface area contributed by atoms with E-state index >= 15 is 0 Å². The molecule has 1 aromatic carbocycles. The van der Waals surface area contributed by atoms with Gasteiger partial charge in [0.15, 0.2) is 11.6 Å². The summed E-state index contributed by atoms with van der Waals surface area (Å²) >= 11 is 0. The van der Waals surface area contributed by atoms with Gasteiger partial charge in [-0.3, -0.25) is 4.79 Å². The Hall–Kier alpha value is -2.65. The van der Waals surface area contributed by atoms with E-state index in [0.717, 1.165) is 23.5 Å². The number of fused-ring (bicyclic) bond motifs is 1. The predicted molar refractivity (Wildman–Crippen MR) is 90.5 cm³/mol. The molecule has 0 spiro atoms. The number of amides is 1.